The van der Waals surface area contributed by atoms with E-state index < -0.39 is 0 Å². The van der Waals surface area contributed by atoms with Gasteiger partial charge in [0.05, 0.1) is 0 Å². The summed E-state index contributed by atoms with van der Waals surface area (Å²) in [7, 11) is 0. The van der Waals surface area contributed by atoms with E-state index in [1.54, 1.807) is 0 Å². The highest BCUT2D eigenvalue weighted by molar-refractivity contribution is 5.91. The van der Waals surface area contributed by atoms with Gasteiger partial charge in [0.25, 0.3) is 0 Å². The first-order valence-electron chi connectivity index (χ1n) is 7.50. The van der Waals surface area contributed by atoms with E-state index >= 15 is 0 Å². The molecule has 0 aliphatic carbocycles. The minimum absolute atomic E-state index is 0.295. The zero-order valence-corrected chi connectivity index (χ0v) is 12.4. The van der Waals surface area contributed by atoms with Crippen molar-refractivity contribution in [2.24, 2.45) is 5.84 Å². The summed E-state index contributed by atoms with van der Waals surface area (Å²) in [5.41, 5.74) is 3.20. The topological polar surface area (TPSA) is 71.5 Å². The number of hydrazine groups is 1. The molecule has 1 aromatic heterocycles. The number of carbonyl (C=O) groups excluding carboxylic acids is 1. The van der Waals surface area contributed by atoms with Crippen LogP contribution in [0.5, 0.6) is 0 Å². The fraction of sp³-hybridized carbons (Fsp3) is 0.667. The second kappa shape index (κ2) is 6.90. The zero-order chi connectivity index (χ0) is 14.5. The predicted octanol–water partition coefficient (Wildman–Crippen LogP) is 2.35. The van der Waals surface area contributed by atoms with E-state index in [4.69, 9.17) is 10.3 Å². The fourth-order valence-electron chi connectivity index (χ4n) is 3.01. The Morgan fingerprint density at radius 2 is 2.35 bits per heavy atom. The van der Waals surface area contributed by atoms with Crippen LogP contribution >= 0.6 is 0 Å². The normalized spacial score (nSPS) is 20.1. The first-order chi connectivity index (χ1) is 9.65. The van der Waals surface area contributed by atoms with E-state index in [-0.39, 0.29) is 5.91 Å². The molecule has 5 nitrogen and oxygen atoms in total. The Kier molecular flexibility index (Phi) is 5.20. The molecule has 1 atom stereocenters. The van der Waals surface area contributed by atoms with Gasteiger partial charge in [0.2, 0.25) is 0 Å². The Balaban J connectivity index is 2.07. The molecular formula is C15H25N3O2. The molecule has 2 heterocycles. The van der Waals surface area contributed by atoms with Crippen LogP contribution in [0.2, 0.25) is 0 Å². The van der Waals surface area contributed by atoms with Crippen LogP contribution in [0, 0.1) is 6.92 Å². The third-order valence-electron chi connectivity index (χ3n) is 4.12. The van der Waals surface area contributed by atoms with Crippen LogP contribution in [0.15, 0.2) is 10.5 Å². The molecular weight excluding hydrogens is 254 g/mol. The van der Waals surface area contributed by atoms with Crippen molar-refractivity contribution in [3.05, 3.63) is 23.2 Å². The van der Waals surface area contributed by atoms with E-state index in [9.17, 15) is 4.79 Å². The number of rotatable bonds is 5. The molecule has 0 aromatic carbocycles. The zero-order valence-electron chi connectivity index (χ0n) is 12.4. The lowest BCUT2D eigenvalue weighted by Gasteiger charge is -2.35. The van der Waals surface area contributed by atoms with Crippen LogP contribution in [0.4, 0.5) is 0 Å². The molecule has 1 aromatic rings. The monoisotopic (exact) mass is 279 g/mol. The molecule has 0 spiro atoms. The van der Waals surface area contributed by atoms with Crippen molar-refractivity contribution < 1.29 is 9.21 Å². The number of nitrogen functional groups attached to an aromatic ring is 1. The predicted molar refractivity (Wildman–Crippen MR) is 78.1 cm³/mol. The van der Waals surface area contributed by atoms with Gasteiger partial charge < -0.3 is 4.42 Å². The third-order valence-corrected chi connectivity index (χ3v) is 4.12. The standard InChI is InChI=1S/C15H25N3O2/c1-3-6-13-7-4-5-8-18(13)10-12-9-14(15(19)17-16)20-11(12)2/h9,13H,3-8,10,16H2,1-2H3,(H,17,19). The summed E-state index contributed by atoms with van der Waals surface area (Å²) in [6.45, 7) is 6.13. The summed E-state index contributed by atoms with van der Waals surface area (Å²) in [5.74, 6) is 5.87. The molecule has 5 heteroatoms. The van der Waals surface area contributed by atoms with Crippen LogP contribution in [-0.4, -0.2) is 23.4 Å². The van der Waals surface area contributed by atoms with Crippen LogP contribution in [0.25, 0.3) is 0 Å². The van der Waals surface area contributed by atoms with E-state index in [1.807, 2.05) is 13.0 Å². The van der Waals surface area contributed by atoms with Crippen LogP contribution < -0.4 is 11.3 Å². The number of piperidine rings is 1. The van der Waals surface area contributed by atoms with Crippen molar-refractivity contribution in [3.8, 4) is 0 Å². The van der Waals surface area contributed by atoms with Crippen molar-refractivity contribution in [2.45, 2.75) is 58.5 Å². The van der Waals surface area contributed by atoms with Crippen LogP contribution in [-0.2, 0) is 6.54 Å². The number of carbonyl (C=O) groups is 1. The molecule has 2 rings (SSSR count). The Hall–Kier alpha value is -1.33. The highest BCUT2D eigenvalue weighted by Gasteiger charge is 2.23. The Morgan fingerprint density at radius 3 is 3.05 bits per heavy atom. The van der Waals surface area contributed by atoms with Crippen LogP contribution in [0.3, 0.4) is 0 Å². The smallest absolute Gasteiger partial charge is 0.300 e. The molecule has 1 unspecified atom stereocenters. The lowest BCUT2D eigenvalue weighted by molar-refractivity contribution is 0.0924. The van der Waals surface area contributed by atoms with Crippen molar-refractivity contribution >= 4 is 5.91 Å². The van der Waals surface area contributed by atoms with Gasteiger partial charge in [-0.2, -0.15) is 0 Å². The number of amides is 1. The lowest BCUT2D eigenvalue weighted by Crippen LogP contribution is -2.38. The highest BCUT2D eigenvalue weighted by Crippen LogP contribution is 2.25. The van der Waals surface area contributed by atoms with Crippen LogP contribution in [0.1, 0.15) is 60.9 Å². The number of hydrogen-bond donors (Lipinski definition) is 2. The first-order valence-corrected chi connectivity index (χ1v) is 7.50. The summed E-state index contributed by atoms with van der Waals surface area (Å²) >= 11 is 0. The number of hydrogen-bond acceptors (Lipinski definition) is 4. The van der Waals surface area contributed by atoms with E-state index in [0.29, 0.717) is 11.8 Å². The molecule has 20 heavy (non-hydrogen) atoms. The van der Waals surface area contributed by atoms with Crippen molar-refractivity contribution in [1.29, 1.82) is 0 Å². The maximum atomic E-state index is 11.5. The van der Waals surface area contributed by atoms with Gasteiger partial charge in [0, 0.05) is 18.2 Å². The number of nitrogens with two attached hydrogens (primary N) is 1. The van der Waals surface area contributed by atoms with Gasteiger partial charge >= 0.3 is 5.91 Å². The Bertz CT molecular complexity index is 454. The minimum atomic E-state index is -0.372. The number of nitrogens with zero attached hydrogens (tertiary/aromatic N) is 1. The summed E-state index contributed by atoms with van der Waals surface area (Å²) in [4.78, 5) is 14.0. The fourth-order valence-corrected chi connectivity index (χ4v) is 3.01. The number of aryl methyl sites for hydroxylation is 1. The maximum absolute atomic E-state index is 11.5. The van der Waals surface area contributed by atoms with Gasteiger partial charge in [-0.25, -0.2) is 5.84 Å². The molecule has 3 N–H and O–H groups in total. The molecule has 1 aliphatic rings. The van der Waals surface area contributed by atoms with Gasteiger partial charge in [-0.3, -0.25) is 15.1 Å². The molecule has 0 radical (unpaired) electrons. The molecule has 1 aliphatic heterocycles. The number of furan rings is 1. The quantitative estimate of drug-likeness (QED) is 0.493. The summed E-state index contributed by atoms with van der Waals surface area (Å²) in [5, 5.41) is 0. The maximum Gasteiger partial charge on any atom is 0.300 e. The molecule has 0 bridgehead atoms. The number of likely N-dealkylation sites (tertiary alicyclic amines) is 1. The average molecular weight is 279 g/mol. The second-order valence-corrected chi connectivity index (χ2v) is 5.57. The second-order valence-electron chi connectivity index (χ2n) is 5.57. The van der Waals surface area contributed by atoms with E-state index in [1.165, 1.54) is 32.1 Å². The molecule has 1 saturated heterocycles. The average Bonchev–Trinajstić information content (AvgIpc) is 2.82. The summed E-state index contributed by atoms with van der Waals surface area (Å²) < 4.78 is 5.49. The van der Waals surface area contributed by atoms with Gasteiger partial charge in [-0.15, -0.1) is 0 Å². The van der Waals surface area contributed by atoms with Gasteiger partial charge in [-0.1, -0.05) is 19.8 Å². The van der Waals surface area contributed by atoms with Crippen molar-refractivity contribution in [1.82, 2.24) is 10.3 Å². The molecule has 1 amide bonds. The molecule has 112 valence electrons. The van der Waals surface area contributed by atoms with Crippen molar-refractivity contribution in [3.63, 3.8) is 0 Å². The summed E-state index contributed by atoms with van der Waals surface area (Å²) in [6, 6.07) is 2.48. The van der Waals surface area contributed by atoms with Gasteiger partial charge in [0.1, 0.15) is 5.76 Å². The van der Waals surface area contributed by atoms with E-state index in [0.717, 1.165) is 24.4 Å². The highest BCUT2D eigenvalue weighted by atomic mass is 16.4. The third kappa shape index (κ3) is 3.41. The number of nitrogens with one attached hydrogen (secondary N) is 1. The Labute approximate surface area is 120 Å². The molecule has 0 saturated carbocycles. The lowest BCUT2D eigenvalue weighted by atomic mass is 9.97. The SMILES string of the molecule is CCCC1CCCCN1Cc1cc(C(=O)NN)oc1C. The first kappa shape index (κ1) is 15.1. The Morgan fingerprint density at radius 1 is 1.55 bits per heavy atom. The van der Waals surface area contributed by atoms with Gasteiger partial charge in [0.15, 0.2) is 5.76 Å². The minimum Gasteiger partial charge on any atom is -0.456 e. The van der Waals surface area contributed by atoms with Crippen molar-refractivity contribution in [2.75, 3.05) is 6.54 Å². The van der Waals surface area contributed by atoms with E-state index in [2.05, 4.69) is 17.2 Å². The van der Waals surface area contributed by atoms with Gasteiger partial charge in [-0.05, 0) is 38.8 Å². The molecule has 1 fully saturated rings. The summed E-state index contributed by atoms with van der Waals surface area (Å²) in [6.07, 6.45) is 6.32. The largest absolute Gasteiger partial charge is 0.456 e.